The lowest BCUT2D eigenvalue weighted by Crippen LogP contribution is -2.42. The van der Waals surface area contributed by atoms with Crippen LogP contribution in [0.4, 0.5) is 0 Å². The van der Waals surface area contributed by atoms with E-state index in [0.717, 1.165) is 31.6 Å². The number of piperidine rings is 1. The number of carbonyl (C=O) groups is 1. The molecule has 134 valence electrons. The van der Waals surface area contributed by atoms with Crippen LogP contribution < -0.4 is 15.4 Å². The summed E-state index contributed by atoms with van der Waals surface area (Å²) in [6, 6.07) is 9.93. The van der Waals surface area contributed by atoms with Crippen molar-refractivity contribution in [2.24, 2.45) is 5.92 Å². The van der Waals surface area contributed by atoms with Gasteiger partial charge in [0.15, 0.2) is 11.4 Å². The summed E-state index contributed by atoms with van der Waals surface area (Å²) in [5, 5.41) is 10.9. The zero-order valence-electron chi connectivity index (χ0n) is 14.9. The van der Waals surface area contributed by atoms with Gasteiger partial charge < -0.3 is 15.4 Å². The fourth-order valence-corrected chi connectivity index (χ4v) is 2.81. The summed E-state index contributed by atoms with van der Waals surface area (Å²) in [5.41, 5.74) is 1.25. The maximum absolute atomic E-state index is 12.7. The Morgan fingerprint density at radius 2 is 2.04 bits per heavy atom. The predicted molar refractivity (Wildman–Crippen MR) is 97.3 cm³/mol. The molecule has 6 heteroatoms. The topological polar surface area (TPSA) is 68.2 Å². The first-order chi connectivity index (χ1) is 12.1. The number of rotatable bonds is 6. The van der Waals surface area contributed by atoms with E-state index in [1.54, 1.807) is 10.9 Å². The highest BCUT2D eigenvalue weighted by molar-refractivity contribution is 5.95. The van der Waals surface area contributed by atoms with Gasteiger partial charge >= 0.3 is 0 Å². The van der Waals surface area contributed by atoms with Crippen LogP contribution in [-0.4, -0.2) is 41.4 Å². The zero-order valence-corrected chi connectivity index (χ0v) is 14.9. The van der Waals surface area contributed by atoms with Crippen LogP contribution in [0, 0.1) is 5.92 Å². The van der Waals surface area contributed by atoms with Gasteiger partial charge in [-0.15, -0.1) is 0 Å². The Labute approximate surface area is 148 Å². The van der Waals surface area contributed by atoms with Crippen molar-refractivity contribution in [2.75, 3.05) is 19.7 Å². The number of para-hydroxylation sites is 1. The second-order valence-electron chi connectivity index (χ2n) is 6.82. The molecule has 2 aromatic rings. The molecule has 0 unspecified atom stereocenters. The van der Waals surface area contributed by atoms with Crippen LogP contribution in [0.3, 0.4) is 0 Å². The Morgan fingerprint density at radius 3 is 2.72 bits per heavy atom. The third kappa shape index (κ3) is 4.60. The Bertz CT molecular complexity index is 691. The minimum Gasteiger partial charge on any atom is -0.489 e. The molecule has 25 heavy (non-hydrogen) atoms. The van der Waals surface area contributed by atoms with Gasteiger partial charge in [-0.3, -0.25) is 4.79 Å². The van der Waals surface area contributed by atoms with Crippen LogP contribution in [0.2, 0.25) is 0 Å². The summed E-state index contributed by atoms with van der Waals surface area (Å²) in [6.07, 6.45) is 3.66. The fraction of sp³-hybridized carbons (Fsp3) is 0.474. The van der Waals surface area contributed by atoms with Crippen molar-refractivity contribution in [3.05, 3.63) is 42.2 Å². The van der Waals surface area contributed by atoms with Gasteiger partial charge in [-0.1, -0.05) is 32.0 Å². The molecule has 0 saturated carbocycles. The van der Waals surface area contributed by atoms with Gasteiger partial charge in [-0.05, 0) is 44.0 Å². The number of amides is 1. The van der Waals surface area contributed by atoms with E-state index in [4.69, 9.17) is 4.74 Å². The summed E-state index contributed by atoms with van der Waals surface area (Å²) in [4.78, 5) is 12.7. The molecule has 1 aliphatic heterocycles. The Kier molecular flexibility index (Phi) is 5.71. The standard InChI is InChI=1S/C19H26N4O2/c1-14(2)13-25-17-12-23(16-6-4-3-5-7-16)22-18(17)19(24)21-15-8-10-20-11-9-15/h3-7,12,14-15,20H,8-11,13H2,1-2H3,(H,21,24). The molecule has 0 aliphatic carbocycles. The van der Waals surface area contributed by atoms with E-state index in [0.29, 0.717) is 24.0 Å². The molecule has 1 aromatic carbocycles. The highest BCUT2D eigenvalue weighted by Gasteiger charge is 2.23. The minimum absolute atomic E-state index is 0.166. The van der Waals surface area contributed by atoms with Crippen LogP contribution in [0.5, 0.6) is 5.75 Å². The van der Waals surface area contributed by atoms with E-state index in [1.165, 1.54) is 0 Å². The molecule has 2 heterocycles. The van der Waals surface area contributed by atoms with Crippen molar-refractivity contribution in [1.29, 1.82) is 0 Å². The number of ether oxygens (including phenoxy) is 1. The summed E-state index contributed by atoms with van der Waals surface area (Å²) in [6.45, 7) is 6.57. The first kappa shape index (κ1) is 17.5. The summed E-state index contributed by atoms with van der Waals surface area (Å²) in [7, 11) is 0. The molecule has 2 N–H and O–H groups in total. The molecule has 1 aromatic heterocycles. The fourth-order valence-electron chi connectivity index (χ4n) is 2.81. The lowest BCUT2D eigenvalue weighted by molar-refractivity contribution is 0.0919. The van der Waals surface area contributed by atoms with Crippen molar-refractivity contribution in [2.45, 2.75) is 32.7 Å². The quantitative estimate of drug-likeness (QED) is 0.846. The van der Waals surface area contributed by atoms with Crippen LogP contribution in [0.25, 0.3) is 5.69 Å². The second kappa shape index (κ2) is 8.16. The van der Waals surface area contributed by atoms with E-state index >= 15 is 0 Å². The summed E-state index contributed by atoms with van der Waals surface area (Å²) < 4.78 is 7.56. The van der Waals surface area contributed by atoms with Gasteiger partial charge in [0.1, 0.15) is 0 Å². The third-order valence-electron chi connectivity index (χ3n) is 4.16. The summed E-state index contributed by atoms with van der Waals surface area (Å²) >= 11 is 0. The maximum Gasteiger partial charge on any atom is 0.275 e. The first-order valence-electron chi connectivity index (χ1n) is 8.93. The maximum atomic E-state index is 12.7. The molecule has 1 amide bonds. The number of hydrogen-bond donors (Lipinski definition) is 2. The second-order valence-corrected chi connectivity index (χ2v) is 6.82. The molecule has 0 bridgehead atoms. The first-order valence-corrected chi connectivity index (χ1v) is 8.93. The average Bonchev–Trinajstić information content (AvgIpc) is 3.06. The van der Waals surface area contributed by atoms with E-state index < -0.39 is 0 Å². The Hall–Kier alpha value is -2.34. The number of benzene rings is 1. The van der Waals surface area contributed by atoms with Crippen LogP contribution in [-0.2, 0) is 0 Å². The summed E-state index contributed by atoms with van der Waals surface area (Å²) in [5.74, 6) is 0.740. The number of nitrogens with zero attached hydrogens (tertiary/aromatic N) is 2. The molecule has 0 spiro atoms. The van der Waals surface area contributed by atoms with Gasteiger partial charge in [0.05, 0.1) is 18.5 Å². The number of nitrogens with one attached hydrogen (secondary N) is 2. The van der Waals surface area contributed by atoms with Gasteiger partial charge in [-0.2, -0.15) is 5.10 Å². The highest BCUT2D eigenvalue weighted by Crippen LogP contribution is 2.21. The number of hydrogen-bond acceptors (Lipinski definition) is 4. The lowest BCUT2D eigenvalue weighted by Gasteiger charge is -2.23. The monoisotopic (exact) mass is 342 g/mol. The highest BCUT2D eigenvalue weighted by atomic mass is 16.5. The van der Waals surface area contributed by atoms with Gasteiger partial charge in [0.25, 0.3) is 5.91 Å². The van der Waals surface area contributed by atoms with Crippen molar-refractivity contribution < 1.29 is 9.53 Å². The average molecular weight is 342 g/mol. The van der Waals surface area contributed by atoms with Crippen LogP contribution >= 0.6 is 0 Å². The normalized spacial score (nSPS) is 15.3. The molecule has 0 radical (unpaired) electrons. The van der Waals surface area contributed by atoms with E-state index in [9.17, 15) is 4.79 Å². The molecule has 1 aliphatic rings. The zero-order chi connectivity index (χ0) is 17.6. The largest absolute Gasteiger partial charge is 0.489 e. The Morgan fingerprint density at radius 1 is 1.32 bits per heavy atom. The SMILES string of the molecule is CC(C)COc1cn(-c2ccccc2)nc1C(=O)NC1CCNCC1. The molecule has 3 rings (SSSR count). The molecule has 1 saturated heterocycles. The molecule has 6 nitrogen and oxygen atoms in total. The van der Waals surface area contributed by atoms with Gasteiger partial charge in [0.2, 0.25) is 0 Å². The molecular formula is C19H26N4O2. The molecule has 0 atom stereocenters. The van der Waals surface area contributed by atoms with Crippen LogP contribution in [0.1, 0.15) is 37.2 Å². The van der Waals surface area contributed by atoms with Crippen LogP contribution in [0.15, 0.2) is 36.5 Å². The minimum atomic E-state index is -0.166. The van der Waals surface area contributed by atoms with Crippen molar-refractivity contribution in [1.82, 2.24) is 20.4 Å². The lowest BCUT2D eigenvalue weighted by atomic mass is 10.1. The van der Waals surface area contributed by atoms with Crippen molar-refractivity contribution in [3.8, 4) is 11.4 Å². The number of carbonyl (C=O) groups excluding carboxylic acids is 1. The molecular weight excluding hydrogens is 316 g/mol. The molecule has 1 fully saturated rings. The van der Waals surface area contributed by atoms with E-state index in [-0.39, 0.29) is 11.9 Å². The van der Waals surface area contributed by atoms with Gasteiger partial charge in [0, 0.05) is 6.04 Å². The number of aromatic nitrogens is 2. The van der Waals surface area contributed by atoms with Gasteiger partial charge in [-0.25, -0.2) is 4.68 Å². The smallest absolute Gasteiger partial charge is 0.275 e. The van der Waals surface area contributed by atoms with E-state index in [1.807, 2.05) is 30.3 Å². The van der Waals surface area contributed by atoms with E-state index in [2.05, 4.69) is 29.6 Å². The third-order valence-corrected chi connectivity index (χ3v) is 4.16. The van der Waals surface area contributed by atoms with Crippen molar-refractivity contribution >= 4 is 5.91 Å². The van der Waals surface area contributed by atoms with Crippen molar-refractivity contribution in [3.63, 3.8) is 0 Å². The predicted octanol–water partition coefficient (Wildman–Crippen LogP) is 2.39. The Balaban J connectivity index is 1.81.